The molecule has 0 spiro atoms. The Morgan fingerprint density at radius 2 is 2.11 bits per heavy atom. The molecule has 2 rings (SSSR count). The maximum absolute atomic E-state index is 11.2. The van der Waals surface area contributed by atoms with E-state index in [9.17, 15) is 9.59 Å². The summed E-state index contributed by atoms with van der Waals surface area (Å²) >= 11 is 0. The molecule has 0 saturated carbocycles. The van der Waals surface area contributed by atoms with Crippen LogP contribution in [-0.2, 0) is 16.0 Å². The molecule has 1 aromatic heterocycles. The monoisotopic (exact) mass is 262 g/mol. The van der Waals surface area contributed by atoms with Gasteiger partial charge in [0.05, 0.1) is 18.6 Å². The van der Waals surface area contributed by atoms with Crippen LogP contribution in [0.15, 0.2) is 28.7 Å². The molecule has 100 valence electrons. The summed E-state index contributed by atoms with van der Waals surface area (Å²) in [5, 5.41) is 9.62. The summed E-state index contributed by atoms with van der Waals surface area (Å²) in [5.41, 5.74) is 0.828. The largest absolute Gasteiger partial charge is 0.478 e. The smallest absolute Gasteiger partial charge is 0.335 e. The van der Waals surface area contributed by atoms with Crippen molar-refractivity contribution in [1.82, 2.24) is 0 Å². The van der Waals surface area contributed by atoms with Gasteiger partial charge in [-0.25, -0.2) is 4.79 Å². The number of fused-ring (bicyclic) bond motifs is 1. The number of benzene rings is 1. The number of carbonyl (C=O) groups excluding carboxylic acids is 1. The second-order valence-electron chi connectivity index (χ2n) is 4.08. The highest BCUT2D eigenvalue weighted by Gasteiger charge is 2.10. The highest BCUT2D eigenvalue weighted by Crippen LogP contribution is 2.21. The quantitative estimate of drug-likeness (QED) is 0.838. The molecule has 0 aliphatic rings. The molecule has 5 nitrogen and oxygen atoms in total. The van der Waals surface area contributed by atoms with E-state index in [-0.39, 0.29) is 18.0 Å². The van der Waals surface area contributed by atoms with Crippen molar-refractivity contribution in [3.8, 4) is 0 Å². The third-order valence-corrected chi connectivity index (χ3v) is 2.70. The van der Waals surface area contributed by atoms with Gasteiger partial charge in [-0.2, -0.15) is 0 Å². The second kappa shape index (κ2) is 5.56. The molecule has 0 radical (unpaired) electrons. The zero-order chi connectivity index (χ0) is 13.8. The van der Waals surface area contributed by atoms with Gasteiger partial charge in [0.15, 0.2) is 0 Å². The molecule has 5 heteroatoms. The van der Waals surface area contributed by atoms with Gasteiger partial charge in [-0.05, 0) is 31.2 Å². The van der Waals surface area contributed by atoms with Gasteiger partial charge in [0.2, 0.25) is 0 Å². The molecule has 19 heavy (non-hydrogen) atoms. The van der Waals surface area contributed by atoms with Crippen LogP contribution in [0.3, 0.4) is 0 Å². The molecule has 0 amide bonds. The van der Waals surface area contributed by atoms with E-state index in [1.807, 2.05) is 0 Å². The van der Waals surface area contributed by atoms with Crippen molar-refractivity contribution < 1.29 is 23.8 Å². The fraction of sp³-hybridized carbons (Fsp3) is 0.286. The zero-order valence-corrected chi connectivity index (χ0v) is 10.5. The normalized spacial score (nSPS) is 10.6. The number of hydrogen-bond donors (Lipinski definition) is 1. The van der Waals surface area contributed by atoms with E-state index < -0.39 is 5.97 Å². The Balaban J connectivity index is 2.13. The van der Waals surface area contributed by atoms with Gasteiger partial charge in [0.1, 0.15) is 11.3 Å². The number of carboxylic acids is 1. The molecular weight excluding hydrogens is 248 g/mol. The number of carbonyl (C=O) groups is 2. The minimum Gasteiger partial charge on any atom is -0.478 e. The molecule has 0 bridgehead atoms. The van der Waals surface area contributed by atoms with Crippen molar-refractivity contribution >= 4 is 22.9 Å². The van der Waals surface area contributed by atoms with Crippen molar-refractivity contribution in [2.75, 3.05) is 6.61 Å². The van der Waals surface area contributed by atoms with Crippen LogP contribution in [0.25, 0.3) is 11.0 Å². The van der Waals surface area contributed by atoms with Crippen LogP contribution in [0.4, 0.5) is 0 Å². The molecule has 2 aromatic rings. The maximum atomic E-state index is 11.2. The fourth-order valence-electron chi connectivity index (χ4n) is 1.81. The molecule has 0 aliphatic heterocycles. The number of hydrogen-bond acceptors (Lipinski definition) is 4. The van der Waals surface area contributed by atoms with Gasteiger partial charge in [-0.3, -0.25) is 4.79 Å². The first-order valence-electron chi connectivity index (χ1n) is 6.01. The van der Waals surface area contributed by atoms with Gasteiger partial charge < -0.3 is 14.3 Å². The predicted octanol–water partition coefficient (Wildman–Crippen LogP) is 2.63. The van der Waals surface area contributed by atoms with Gasteiger partial charge in [0, 0.05) is 11.8 Å². The Morgan fingerprint density at radius 1 is 1.32 bits per heavy atom. The third kappa shape index (κ3) is 3.13. The van der Waals surface area contributed by atoms with Crippen molar-refractivity contribution in [2.24, 2.45) is 0 Å². The number of esters is 1. The molecule has 0 saturated heterocycles. The van der Waals surface area contributed by atoms with Crippen LogP contribution < -0.4 is 0 Å². The Bertz CT molecular complexity index is 611. The van der Waals surface area contributed by atoms with E-state index in [1.54, 1.807) is 25.1 Å². The number of furan rings is 1. The van der Waals surface area contributed by atoms with E-state index >= 15 is 0 Å². The summed E-state index contributed by atoms with van der Waals surface area (Å²) in [6.45, 7) is 2.12. The minimum atomic E-state index is -0.976. The van der Waals surface area contributed by atoms with Crippen LogP contribution in [0.1, 0.15) is 29.5 Å². The highest BCUT2D eigenvalue weighted by atomic mass is 16.5. The minimum absolute atomic E-state index is 0.213. The number of aromatic carboxylic acids is 1. The first-order chi connectivity index (χ1) is 9.10. The molecule has 1 aromatic carbocycles. The van der Waals surface area contributed by atoms with Gasteiger partial charge in [-0.1, -0.05) is 0 Å². The summed E-state index contributed by atoms with van der Waals surface area (Å²) < 4.78 is 10.4. The van der Waals surface area contributed by atoms with E-state index in [4.69, 9.17) is 14.3 Å². The lowest BCUT2D eigenvalue weighted by molar-refractivity contribution is -0.143. The van der Waals surface area contributed by atoms with Crippen LogP contribution in [0, 0.1) is 0 Å². The number of rotatable bonds is 5. The third-order valence-electron chi connectivity index (χ3n) is 2.70. The van der Waals surface area contributed by atoms with E-state index in [0.717, 1.165) is 5.39 Å². The lowest BCUT2D eigenvalue weighted by Crippen LogP contribution is -2.04. The number of carboxylic acid groups (broad SMARTS) is 1. The van der Waals surface area contributed by atoms with E-state index in [2.05, 4.69) is 0 Å². The van der Waals surface area contributed by atoms with Gasteiger partial charge >= 0.3 is 11.9 Å². The van der Waals surface area contributed by atoms with Crippen LogP contribution in [0.2, 0.25) is 0 Å². The van der Waals surface area contributed by atoms with Gasteiger partial charge in [-0.15, -0.1) is 0 Å². The molecule has 0 fully saturated rings. The molecule has 1 N–H and O–H groups in total. The summed E-state index contributed by atoms with van der Waals surface area (Å²) in [6.07, 6.45) is 0.690. The topological polar surface area (TPSA) is 76.7 Å². The van der Waals surface area contributed by atoms with Gasteiger partial charge in [0.25, 0.3) is 0 Å². The van der Waals surface area contributed by atoms with Crippen molar-refractivity contribution in [3.05, 3.63) is 35.6 Å². The van der Waals surface area contributed by atoms with Crippen molar-refractivity contribution in [2.45, 2.75) is 19.8 Å². The van der Waals surface area contributed by atoms with E-state index in [1.165, 1.54) is 6.07 Å². The first kappa shape index (κ1) is 13.1. The fourth-order valence-corrected chi connectivity index (χ4v) is 1.81. The summed E-state index contributed by atoms with van der Waals surface area (Å²) in [7, 11) is 0. The first-order valence-corrected chi connectivity index (χ1v) is 6.01. The summed E-state index contributed by atoms with van der Waals surface area (Å²) in [6, 6.07) is 6.41. The SMILES string of the molecule is CCOC(=O)CCc1cc2cc(C(=O)O)ccc2o1. The second-order valence-corrected chi connectivity index (χ2v) is 4.08. The Labute approximate surface area is 109 Å². The summed E-state index contributed by atoms with van der Waals surface area (Å²) in [5.74, 6) is -0.601. The predicted molar refractivity (Wildman–Crippen MR) is 68.1 cm³/mol. The molecule has 0 unspecified atom stereocenters. The van der Waals surface area contributed by atoms with Crippen LogP contribution in [-0.4, -0.2) is 23.7 Å². The van der Waals surface area contributed by atoms with Crippen LogP contribution >= 0.6 is 0 Å². The van der Waals surface area contributed by atoms with Crippen LogP contribution in [0.5, 0.6) is 0 Å². The standard InChI is InChI=1S/C14H14O5/c1-2-18-13(15)6-4-11-8-10-7-9(14(16)17)3-5-12(10)19-11/h3,5,7-8H,2,4,6H2,1H3,(H,16,17). The molecular formula is C14H14O5. The molecule has 0 atom stereocenters. The number of aryl methyl sites for hydroxylation is 1. The zero-order valence-electron chi connectivity index (χ0n) is 10.5. The Morgan fingerprint density at radius 3 is 2.79 bits per heavy atom. The molecule has 1 heterocycles. The highest BCUT2D eigenvalue weighted by molar-refractivity contribution is 5.93. The number of ether oxygens (including phenoxy) is 1. The lowest BCUT2D eigenvalue weighted by atomic mass is 10.1. The Hall–Kier alpha value is -2.30. The lowest BCUT2D eigenvalue weighted by Gasteiger charge is -1.98. The average molecular weight is 262 g/mol. The average Bonchev–Trinajstić information content (AvgIpc) is 2.78. The van der Waals surface area contributed by atoms with E-state index in [0.29, 0.717) is 24.4 Å². The van der Waals surface area contributed by atoms with Crippen molar-refractivity contribution in [3.63, 3.8) is 0 Å². The molecule has 0 aliphatic carbocycles. The summed E-state index contributed by atoms with van der Waals surface area (Å²) in [4.78, 5) is 22.1. The Kier molecular flexibility index (Phi) is 3.85. The maximum Gasteiger partial charge on any atom is 0.335 e. The van der Waals surface area contributed by atoms with Crippen molar-refractivity contribution in [1.29, 1.82) is 0 Å².